The van der Waals surface area contributed by atoms with Crippen molar-refractivity contribution in [3.8, 4) is 17.2 Å². The molecule has 0 saturated carbocycles. The van der Waals surface area contributed by atoms with E-state index in [0.717, 1.165) is 0 Å². The Morgan fingerprint density at radius 2 is 1.40 bits per heavy atom. The number of hydrogen-bond donors (Lipinski definition) is 1. The van der Waals surface area contributed by atoms with E-state index in [-0.39, 0.29) is 12.2 Å². The van der Waals surface area contributed by atoms with Gasteiger partial charge in [-0.15, -0.1) is 0 Å². The average Bonchev–Trinajstić information content (AvgIpc) is 2.99. The van der Waals surface area contributed by atoms with E-state index in [4.69, 9.17) is 23.7 Å². The molecule has 4 aromatic carbocycles. The Morgan fingerprint density at radius 3 is 2.00 bits per heavy atom. The van der Waals surface area contributed by atoms with Crippen LogP contribution in [0.15, 0.2) is 84.9 Å². The van der Waals surface area contributed by atoms with Crippen molar-refractivity contribution in [2.24, 2.45) is 0 Å². The van der Waals surface area contributed by atoms with Crippen molar-refractivity contribution in [2.45, 2.75) is 37.8 Å². The van der Waals surface area contributed by atoms with Crippen LogP contribution < -0.4 is 14.2 Å². The minimum atomic E-state index is -1.03. The normalized spacial score (nSPS) is 20.5. The Morgan fingerprint density at radius 1 is 0.800 bits per heavy atom. The second-order valence-corrected chi connectivity index (χ2v) is 9.50. The molecule has 0 bridgehead atoms. The average molecular weight is 543 g/mol. The molecule has 1 N–H and O–H groups in total. The first kappa shape index (κ1) is 27.2. The van der Waals surface area contributed by atoms with Gasteiger partial charge in [0.25, 0.3) is 0 Å². The number of methoxy groups -OCH3 is 2. The van der Waals surface area contributed by atoms with Crippen LogP contribution in [0.2, 0.25) is 0 Å². The third-order valence-electron chi connectivity index (χ3n) is 7.01. The molecule has 1 saturated heterocycles. The summed E-state index contributed by atoms with van der Waals surface area (Å²) in [6, 6.07) is 24.4. The summed E-state index contributed by atoms with van der Waals surface area (Å²) < 4.78 is 29.2. The first-order chi connectivity index (χ1) is 19.4. The van der Waals surface area contributed by atoms with Crippen molar-refractivity contribution in [3.63, 3.8) is 0 Å². The van der Waals surface area contributed by atoms with Gasteiger partial charge in [0.15, 0.2) is 6.10 Å². The molecule has 8 nitrogen and oxygen atoms in total. The number of rotatable bonds is 7. The molecule has 1 aliphatic heterocycles. The molecule has 40 heavy (non-hydrogen) atoms. The molecule has 4 atom stereocenters. The lowest BCUT2D eigenvalue weighted by Gasteiger charge is -2.38. The van der Waals surface area contributed by atoms with Gasteiger partial charge in [0.2, 0.25) is 0 Å². The van der Waals surface area contributed by atoms with Crippen LogP contribution in [0.4, 0.5) is 0 Å². The number of carbonyl (C=O) groups is 2. The summed E-state index contributed by atoms with van der Waals surface area (Å²) in [6.45, 7) is 1.73. The third kappa shape index (κ3) is 5.36. The highest BCUT2D eigenvalue weighted by Gasteiger charge is 2.40. The number of fused-ring (bicyclic) bond motifs is 1. The quantitative estimate of drug-likeness (QED) is 0.241. The van der Waals surface area contributed by atoms with Crippen LogP contribution in [0.1, 0.15) is 45.7 Å². The Hall–Kier alpha value is -4.40. The summed E-state index contributed by atoms with van der Waals surface area (Å²) in [5, 5.41) is 12.3. The number of ether oxygens (including phenoxy) is 5. The van der Waals surface area contributed by atoms with E-state index in [9.17, 15) is 14.7 Å². The lowest BCUT2D eigenvalue weighted by Crippen LogP contribution is -2.46. The highest BCUT2D eigenvalue weighted by molar-refractivity contribution is 6.02. The summed E-state index contributed by atoms with van der Waals surface area (Å²) >= 11 is 0. The highest BCUT2D eigenvalue weighted by Crippen LogP contribution is 2.46. The van der Waals surface area contributed by atoms with E-state index < -0.39 is 36.4 Å². The SMILES string of the molecule is COc1ccc(OC)c2c(OC(=O)c3ccccc3)c([C@H]3C[C@@H](O)[C@H](OC(=O)c4ccccc4)[C@@H](C)O3)ccc12. The zero-order valence-electron chi connectivity index (χ0n) is 22.4. The van der Waals surface area contributed by atoms with Crippen molar-refractivity contribution >= 4 is 22.7 Å². The molecule has 206 valence electrons. The summed E-state index contributed by atoms with van der Waals surface area (Å²) in [5.41, 5.74) is 1.30. The Labute approximate surface area is 232 Å². The van der Waals surface area contributed by atoms with Crippen LogP contribution in [0.5, 0.6) is 17.2 Å². The smallest absolute Gasteiger partial charge is 0.343 e. The van der Waals surface area contributed by atoms with Gasteiger partial charge >= 0.3 is 11.9 Å². The number of carbonyl (C=O) groups excluding carboxylic acids is 2. The van der Waals surface area contributed by atoms with E-state index >= 15 is 0 Å². The molecule has 0 aliphatic carbocycles. The molecule has 0 radical (unpaired) electrons. The molecule has 1 aliphatic rings. The number of aliphatic hydroxyl groups excluding tert-OH is 1. The fraction of sp³-hybridized carbons (Fsp3) is 0.250. The fourth-order valence-corrected chi connectivity index (χ4v) is 5.01. The van der Waals surface area contributed by atoms with E-state index in [0.29, 0.717) is 39.0 Å². The largest absolute Gasteiger partial charge is 0.496 e. The second kappa shape index (κ2) is 11.8. The summed E-state index contributed by atoms with van der Waals surface area (Å²) in [6.07, 6.45) is -3.13. The number of esters is 2. The lowest BCUT2D eigenvalue weighted by molar-refractivity contribution is -0.166. The first-order valence-electron chi connectivity index (χ1n) is 13.0. The van der Waals surface area contributed by atoms with Gasteiger partial charge in [0.1, 0.15) is 17.2 Å². The summed E-state index contributed by atoms with van der Waals surface area (Å²) in [4.78, 5) is 25.9. The minimum Gasteiger partial charge on any atom is -0.496 e. The molecule has 0 unspecified atom stereocenters. The van der Waals surface area contributed by atoms with Crippen molar-refractivity contribution < 1.29 is 38.4 Å². The number of benzene rings is 4. The van der Waals surface area contributed by atoms with Crippen molar-refractivity contribution in [1.82, 2.24) is 0 Å². The minimum absolute atomic E-state index is 0.102. The number of aliphatic hydroxyl groups is 1. The predicted octanol–water partition coefficient (Wildman–Crippen LogP) is 5.51. The van der Waals surface area contributed by atoms with Crippen molar-refractivity contribution in [2.75, 3.05) is 14.2 Å². The second-order valence-electron chi connectivity index (χ2n) is 9.50. The maximum absolute atomic E-state index is 13.2. The van der Waals surface area contributed by atoms with Gasteiger partial charge in [-0.2, -0.15) is 0 Å². The van der Waals surface area contributed by atoms with Gasteiger partial charge in [0.05, 0.1) is 49.0 Å². The molecular formula is C32H30O8. The molecule has 4 aromatic rings. The van der Waals surface area contributed by atoms with Crippen LogP contribution in [0.3, 0.4) is 0 Å². The lowest BCUT2D eigenvalue weighted by atomic mass is 9.91. The zero-order valence-corrected chi connectivity index (χ0v) is 22.4. The van der Waals surface area contributed by atoms with Gasteiger partial charge in [-0.3, -0.25) is 0 Å². The topological polar surface area (TPSA) is 101 Å². The summed E-state index contributed by atoms with van der Waals surface area (Å²) in [5.74, 6) is 0.195. The van der Waals surface area contributed by atoms with E-state index in [1.54, 1.807) is 86.8 Å². The standard InChI is InChI=1S/C32H30O8/c1-19-29(39-31(34)20-10-6-4-7-11-20)24(33)18-27(38-19)23-15-14-22-25(36-2)16-17-26(37-3)28(22)30(23)40-32(35)21-12-8-5-9-13-21/h4-17,19,24,27,29,33H,18H2,1-3H3/t19-,24-,27-,29-/m1/s1. The van der Waals surface area contributed by atoms with Crippen molar-refractivity contribution in [1.29, 1.82) is 0 Å². The molecule has 5 rings (SSSR count). The van der Waals surface area contributed by atoms with Crippen molar-refractivity contribution in [3.05, 3.63) is 102 Å². The maximum Gasteiger partial charge on any atom is 0.343 e. The highest BCUT2D eigenvalue weighted by atomic mass is 16.6. The number of hydrogen-bond acceptors (Lipinski definition) is 8. The van der Waals surface area contributed by atoms with Crippen LogP contribution in [-0.4, -0.2) is 49.6 Å². The monoisotopic (exact) mass is 542 g/mol. The fourth-order valence-electron chi connectivity index (χ4n) is 5.01. The predicted molar refractivity (Wildman–Crippen MR) is 148 cm³/mol. The zero-order chi connectivity index (χ0) is 28.2. The van der Waals surface area contributed by atoms with Crippen LogP contribution in [-0.2, 0) is 9.47 Å². The Kier molecular flexibility index (Phi) is 8.00. The van der Waals surface area contributed by atoms with Gasteiger partial charge in [-0.25, -0.2) is 9.59 Å². The third-order valence-corrected chi connectivity index (χ3v) is 7.01. The van der Waals surface area contributed by atoms with E-state index in [1.165, 1.54) is 7.11 Å². The van der Waals surface area contributed by atoms with Gasteiger partial charge in [0, 0.05) is 17.4 Å². The van der Waals surface area contributed by atoms with Gasteiger partial charge in [-0.05, 0) is 49.4 Å². The molecule has 0 amide bonds. The summed E-state index contributed by atoms with van der Waals surface area (Å²) in [7, 11) is 3.09. The Bertz CT molecular complexity index is 1490. The van der Waals surface area contributed by atoms with Crippen LogP contribution in [0, 0.1) is 0 Å². The van der Waals surface area contributed by atoms with Crippen LogP contribution >= 0.6 is 0 Å². The Balaban J connectivity index is 1.51. The molecule has 1 fully saturated rings. The molecular weight excluding hydrogens is 512 g/mol. The molecule has 0 spiro atoms. The molecule has 8 heteroatoms. The van der Waals surface area contributed by atoms with E-state index in [2.05, 4.69) is 0 Å². The van der Waals surface area contributed by atoms with Crippen LogP contribution in [0.25, 0.3) is 10.8 Å². The van der Waals surface area contributed by atoms with Gasteiger partial charge < -0.3 is 28.8 Å². The van der Waals surface area contributed by atoms with E-state index in [1.807, 2.05) is 12.1 Å². The molecule has 1 heterocycles. The molecule has 0 aromatic heterocycles. The maximum atomic E-state index is 13.2. The van der Waals surface area contributed by atoms with Gasteiger partial charge in [-0.1, -0.05) is 42.5 Å². The first-order valence-corrected chi connectivity index (χ1v) is 13.0.